The average Bonchev–Trinajstić information content (AvgIpc) is 3.25. The van der Waals surface area contributed by atoms with E-state index in [0.29, 0.717) is 28.6 Å². The van der Waals surface area contributed by atoms with Crippen molar-refractivity contribution in [2.45, 2.75) is 25.0 Å². The maximum absolute atomic E-state index is 12.2. The van der Waals surface area contributed by atoms with Crippen LogP contribution in [-0.4, -0.2) is 79.5 Å². The first kappa shape index (κ1) is 26.7. The van der Waals surface area contributed by atoms with Gasteiger partial charge in [0.1, 0.15) is 18.5 Å². The van der Waals surface area contributed by atoms with Crippen LogP contribution in [0.5, 0.6) is 5.75 Å². The van der Waals surface area contributed by atoms with Crippen molar-refractivity contribution in [2.75, 3.05) is 45.2 Å². The molecule has 0 aromatic heterocycles. The Bertz CT molecular complexity index is 1140. The van der Waals surface area contributed by atoms with Crippen LogP contribution in [0.3, 0.4) is 0 Å². The number of amidine groups is 1. The predicted molar refractivity (Wildman–Crippen MR) is 151 cm³/mol. The summed E-state index contributed by atoms with van der Waals surface area (Å²) in [5, 5.41) is 14.1. The van der Waals surface area contributed by atoms with E-state index in [2.05, 4.69) is 32.3 Å². The first-order valence-electron chi connectivity index (χ1n) is 12.4. The summed E-state index contributed by atoms with van der Waals surface area (Å²) in [6.07, 6.45) is 3.28. The number of benzene rings is 2. The van der Waals surface area contributed by atoms with Crippen molar-refractivity contribution in [3.05, 3.63) is 65.1 Å². The molecule has 2 aliphatic rings. The SMILES string of the molecule is CN(C)/C(N)=N/C1=NC(=O)/C(=C\c2ccc(N3CCC(NCC(O)COc4ccccc4)CC3)cc2)S1. The van der Waals surface area contributed by atoms with Crippen molar-refractivity contribution < 1.29 is 14.6 Å². The number of hydrogen-bond donors (Lipinski definition) is 3. The highest BCUT2D eigenvalue weighted by atomic mass is 32.2. The molecule has 4 rings (SSSR count). The Morgan fingerprint density at radius 1 is 1.24 bits per heavy atom. The summed E-state index contributed by atoms with van der Waals surface area (Å²) < 4.78 is 5.63. The van der Waals surface area contributed by atoms with Gasteiger partial charge in [0.2, 0.25) is 0 Å². The second-order valence-electron chi connectivity index (χ2n) is 9.21. The third-order valence-electron chi connectivity index (χ3n) is 6.16. The van der Waals surface area contributed by atoms with Gasteiger partial charge in [0.15, 0.2) is 11.1 Å². The van der Waals surface area contributed by atoms with Crippen LogP contribution < -0.4 is 20.7 Å². The number of nitrogens with two attached hydrogens (primary N) is 1. The van der Waals surface area contributed by atoms with E-state index < -0.39 is 6.10 Å². The first-order valence-corrected chi connectivity index (χ1v) is 13.2. The van der Waals surface area contributed by atoms with E-state index in [9.17, 15) is 9.90 Å². The number of amides is 1. The predicted octanol–water partition coefficient (Wildman–Crippen LogP) is 2.53. The van der Waals surface area contributed by atoms with E-state index in [-0.39, 0.29) is 12.5 Å². The van der Waals surface area contributed by atoms with Crippen molar-refractivity contribution in [1.82, 2.24) is 10.2 Å². The minimum absolute atomic E-state index is 0.271. The number of aliphatic hydroxyl groups is 1. The average molecular weight is 523 g/mol. The van der Waals surface area contributed by atoms with E-state index in [1.54, 1.807) is 19.0 Å². The summed E-state index contributed by atoms with van der Waals surface area (Å²) in [5.74, 6) is 0.769. The van der Waals surface area contributed by atoms with Gasteiger partial charge in [0, 0.05) is 45.5 Å². The normalized spacial score (nSPS) is 18.7. The van der Waals surface area contributed by atoms with E-state index in [4.69, 9.17) is 10.5 Å². The Labute approximate surface area is 222 Å². The van der Waals surface area contributed by atoms with Gasteiger partial charge in [0.25, 0.3) is 5.91 Å². The third-order valence-corrected chi connectivity index (χ3v) is 7.03. The molecule has 37 heavy (non-hydrogen) atoms. The molecule has 0 spiro atoms. The second kappa shape index (κ2) is 12.8. The van der Waals surface area contributed by atoms with E-state index in [0.717, 1.165) is 42.9 Å². The molecule has 2 aromatic rings. The summed E-state index contributed by atoms with van der Waals surface area (Å²) >= 11 is 1.22. The number of aliphatic imine (C=N–C) groups is 2. The number of thioether (sulfide) groups is 1. The van der Waals surface area contributed by atoms with Crippen molar-refractivity contribution >= 4 is 40.6 Å². The maximum atomic E-state index is 12.2. The number of aliphatic hydroxyl groups excluding tert-OH is 1. The molecule has 0 radical (unpaired) electrons. The van der Waals surface area contributed by atoms with Gasteiger partial charge in [-0.1, -0.05) is 30.3 Å². The second-order valence-corrected chi connectivity index (χ2v) is 10.2. The van der Waals surface area contributed by atoms with E-state index in [1.165, 1.54) is 11.8 Å². The van der Waals surface area contributed by atoms with Crippen LogP contribution in [0.2, 0.25) is 0 Å². The quantitative estimate of drug-likeness (QED) is 0.275. The van der Waals surface area contributed by atoms with Gasteiger partial charge in [-0.25, -0.2) is 0 Å². The number of para-hydroxylation sites is 1. The van der Waals surface area contributed by atoms with Gasteiger partial charge in [-0.3, -0.25) is 4.79 Å². The molecule has 10 heteroatoms. The van der Waals surface area contributed by atoms with Gasteiger partial charge in [-0.15, -0.1) is 0 Å². The van der Waals surface area contributed by atoms with E-state index >= 15 is 0 Å². The third kappa shape index (κ3) is 7.82. The zero-order chi connectivity index (χ0) is 26.2. The minimum atomic E-state index is -0.552. The number of nitrogens with zero attached hydrogens (tertiary/aromatic N) is 4. The number of nitrogens with one attached hydrogen (secondary N) is 1. The van der Waals surface area contributed by atoms with Crippen LogP contribution in [0, 0.1) is 0 Å². The summed E-state index contributed by atoms with van der Waals surface area (Å²) in [5.41, 5.74) is 7.91. The van der Waals surface area contributed by atoms with Crippen molar-refractivity contribution in [3.63, 3.8) is 0 Å². The molecule has 1 fully saturated rings. The molecule has 2 aromatic carbocycles. The van der Waals surface area contributed by atoms with Crippen LogP contribution in [0.4, 0.5) is 5.69 Å². The molecule has 1 amide bonds. The molecule has 1 unspecified atom stereocenters. The maximum Gasteiger partial charge on any atom is 0.286 e. The largest absolute Gasteiger partial charge is 0.491 e. The Balaban J connectivity index is 1.21. The zero-order valence-corrected chi connectivity index (χ0v) is 22.0. The molecule has 2 heterocycles. The molecule has 1 saturated heterocycles. The number of carbonyl (C=O) groups is 1. The van der Waals surface area contributed by atoms with Gasteiger partial charge in [-0.05, 0) is 60.5 Å². The number of ether oxygens (including phenoxy) is 1. The molecule has 0 bridgehead atoms. The molecule has 0 saturated carbocycles. The summed E-state index contributed by atoms with van der Waals surface area (Å²) in [6, 6.07) is 18.1. The highest BCUT2D eigenvalue weighted by Crippen LogP contribution is 2.30. The highest BCUT2D eigenvalue weighted by molar-refractivity contribution is 8.18. The number of rotatable bonds is 8. The fraction of sp³-hybridized carbons (Fsp3) is 0.370. The van der Waals surface area contributed by atoms with Gasteiger partial charge >= 0.3 is 0 Å². The Morgan fingerprint density at radius 2 is 1.95 bits per heavy atom. The molecule has 1 atom stereocenters. The van der Waals surface area contributed by atoms with Crippen molar-refractivity contribution in [1.29, 1.82) is 0 Å². The van der Waals surface area contributed by atoms with Crippen LogP contribution in [0.15, 0.2) is 69.5 Å². The van der Waals surface area contributed by atoms with Gasteiger partial charge in [0.05, 0.1) is 4.91 Å². The lowest BCUT2D eigenvalue weighted by Gasteiger charge is -2.34. The van der Waals surface area contributed by atoms with Crippen molar-refractivity contribution in [2.24, 2.45) is 15.7 Å². The molecule has 196 valence electrons. The molecule has 9 nitrogen and oxygen atoms in total. The van der Waals surface area contributed by atoms with Gasteiger partial charge < -0.3 is 30.7 Å². The van der Waals surface area contributed by atoms with Crippen LogP contribution >= 0.6 is 11.8 Å². The zero-order valence-electron chi connectivity index (χ0n) is 21.2. The first-order chi connectivity index (χ1) is 17.9. The number of piperidine rings is 1. The summed E-state index contributed by atoms with van der Waals surface area (Å²) in [4.78, 5) is 25.0. The Kier molecular flexibility index (Phi) is 9.21. The lowest BCUT2D eigenvalue weighted by molar-refractivity contribution is -0.113. The number of guanidine groups is 1. The minimum Gasteiger partial charge on any atom is -0.491 e. The van der Waals surface area contributed by atoms with Gasteiger partial charge in [-0.2, -0.15) is 9.98 Å². The fourth-order valence-corrected chi connectivity index (χ4v) is 4.78. The monoisotopic (exact) mass is 522 g/mol. The fourth-order valence-electron chi connectivity index (χ4n) is 3.99. The molecular weight excluding hydrogens is 488 g/mol. The lowest BCUT2D eigenvalue weighted by Crippen LogP contribution is -2.45. The topological polar surface area (TPSA) is 116 Å². The summed E-state index contributed by atoms with van der Waals surface area (Å²) in [7, 11) is 3.57. The van der Waals surface area contributed by atoms with Crippen molar-refractivity contribution in [3.8, 4) is 5.75 Å². The van der Waals surface area contributed by atoms with Crippen LogP contribution in [0.25, 0.3) is 6.08 Å². The Morgan fingerprint density at radius 3 is 2.62 bits per heavy atom. The van der Waals surface area contributed by atoms with E-state index in [1.807, 2.05) is 48.5 Å². The number of hydrogen-bond acceptors (Lipinski definition) is 7. The molecular formula is C27H34N6O3S. The molecule has 0 aliphatic carbocycles. The highest BCUT2D eigenvalue weighted by Gasteiger charge is 2.23. The number of carbonyl (C=O) groups excluding carboxylic acids is 1. The molecule has 2 aliphatic heterocycles. The lowest BCUT2D eigenvalue weighted by atomic mass is 10.0. The van der Waals surface area contributed by atoms with Crippen LogP contribution in [0.1, 0.15) is 18.4 Å². The molecule has 4 N–H and O–H groups in total. The van der Waals surface area contributed by atoms with Crippen LogP contribution in [-0.2, 0) is 4.79 Å². The summed E-state index contributed by atoms with van der Waals surface area (Å²) in [6.45, 7) is 2.65. The number of anilines is 1. The standard InChI is InChI=1S/C27H34N6O3S/c1-32(2)26(28)31-27-30-25(35)24(37-27)16-19-8-10-21(11-9-19)33-14-12-20(13-15-33)29-17-22(34)18-36-23-6-4-3-5-7-23/h3-11,16,20,22,29,34H,12-15,17-18H2,1-2H3,(H2,28,30,31,35)/b24-16+. The smallest absolute Gasteiger partial charge is 0.286 e. The Hall–Kier alpha value is -3.34.